The number of aromatic nitrogens is 2. The molecule has 0 saturated carbocycles. The van der Waals surface area contributed by atoms with E-state index >= 15 is 0 Å². The van der Waals surface area contributed by atoms with Gasteiger partial charge in [0, 0.05) is 43.8 Å². The van der Waals surface area contributed by atoms with Gasteiger partial charge in [0.1, 0.15) is 17.9 Å². The Labute approximate surface area is 153 Å². The summed E-state index contributed by atoms with van der Waals surface area (Å²) < 4.78 is 5.23. The van der Waals surface area contributed by atoms with Crippen molar-refractivity contribution in [3.05, 3.63) is 72.0 Å². The van der Waals surface area contributed by atoms with Gasteiger partial charge in [0.05, 0.1) is 13.7 Å². The summed E-state index contributed by atoms with van der Waals surface area (Å²) in [6.07, 6.45) is 7.68. The van der Waals surface area contributed by atoms with Gasteiger partial charge in [0.2, 0.25) is 0 Å². The normalized spacial score (nSPS) is 17.2. The summed E-state index contributed by atoms with van der Waals surface area (Å²) in [6.45, 7) is 4.93. The molecule has 134 valence electrons. The number of hydrogen-bond donors (Lipinski definition) is 1. The number of methoxy groups -OCH3 is 1. The average molecular weight is 349 g/mol. The summed E-state index contributed by atoms with van der Waals surface area (Å²) >= 11 is 0. The van der Waals surface area contributed by atoms with Crippen molar-refractivity contribution in [2.24, 2.45) is 0 Å². The largest absolute Gasteiger partial charge is 0.497 e. The van der Waals surface area contributed by atoms with E-state index in [0.717, 1.165) is 50.0 Å². The maximum Gasteiger partial charge on any atom is 0.133 e. The lowest BCUT2D eigenvalue weighted by atomic mass is 10.1. The van der Waals surface area contributed by atoms with Gasteiger partial charge in [-0.05, 0) is 35.9 Å². The Morgan fingerprint density at radius 2 is 1.96 bits per heavy atom. The number of benzene rings is 1. The van der Waals surface area contributed by atoms with Crippen LogP contribution < -0.4 is 10.1 Å². The Morgan fingerprint density at radius 3 is 2.73 bits per heavy atom. The van der Waals surface area contributed by atoms with E-state index in [1.54, 1.807) is 19.6 Å². The lowest BCUT2D eigenvalue weighted by Gasteiger charge is -2.40. The Hall–Kier alpha value is -2.86. The third-order valence-corrected chi connectivity index (χ3v) is 4.75. The molecule has 0 aliphatic carbocycles. The first-order valence-electron chi connectivity index (χ1n) is 8.83. The predicted octanol–water partition coefficient (Wildman–Crippen LogP) is 2.50. The zero-order chi connectivity index (χ0) is 17.8. The molecule has 1 aromatic heterocycles. The minimum absolute atomic E-state index is 0.834. The third kappa shape index (κ3) is 3.86. The van der Waals surface area contributed by atoms with Crippen LogP contribution in [0.1, 0.15) is 5.56 Å². The molecule has 0 amide bonds. The minimum atomic E-state index is 0.834. The predicted molar refractivity (Wildman–Crippen MR) is 102 cm³/mol. The van der Waals surface area contributed by atoms with Crippen LogP contribution in [-0.2, 0) is 6.54 Å². The van der Waals surface area contributed by atoms with Gasteiger partial charge >= 0.3 is 0 Å². The van der Waals surface area contributed by atoms with Crippen LogP contribution in [0.15, 0.2) is 66.4 Å². The van der Waals surface area contributed by atoms with Gasteiger partial charge in [0.15, 0.2) is 0 Å². The van der Waals surface area contributed by atoms with E-state index in [2.05, 4.69) is 49.4 Å². The summed E-state index contributed by atoms with van der Waals surface area (Å²) in [5.41, 5.74) is 3.85. The van der Waals surface area contributed by atoms with E-state index in [9.17, 15) is 0 Å². The van der Waals surface area contributed by atoms with Crippen LogP contribution in [0.5, 0.6) is 5.75 Å². The molecule has 0 spiro atoms. The van der Waals surface area contributed by atoms with Gasteiger partial charge in [-0.25, -0.2) is 9.97 Å². The highest BCUT2D eigenvalue weighted by Crippen LogP contribution is 2.22. The molecule has 6 nitrogen and oxygen atoms in total. The summed E-state index contributed by atoms with van der Waals surface area (Å²) in [4.78, 5) is 13.1. The third-order valence-electron chi connectivity index (χ3n) is 4.75. The summed E-state index contributed by atoms with van der Waals surface area (Å²) in [5.74, 6) is 1.74. The number of allylic oxidation sites excluding steroid dienone is 2. The van der Waals surface area contributed by atoms with E-state index in [1.807, 2.05) is 18.2 Å². The maximum absolute atomic E-state index is 5.23. The number of nitrogens with zero attached hydrogens (tertiary/aromatic N) is 4. The maximum atomic E-state index is 5.23. The van der Waals surface area contributed by atoms with E-state index in [0.29, 0.717) is 0 Å². The van der Waals surface area contributed by atoms with Crippen molar-refractivity contribution >= 4 is 5.82 Å². The summed E-state index contributed by atoms with van der Waals surface area (Å²) in [5, 5.41) is 3.37. The van der Waals surface area contributed by atoms with Crippen LogP contribution >= 0.6 is 0 Å². The van der Waals surface area contributed by atoms with Crippen LogP contribution in [0.2, 0.25) is 0 Å². The van der Waals surface area contributed by atoms with Crippen LogP contribution in [0.3, 0.4) is 0 Å². The minimum Gasteiger partial charge on any atom is -0.497 e. The molecule has 4 rings (SSSR count). The Morgan fingerprint density at radius 1 is 1.08 bits per heavy atom. The topological polar surface area (TPSA) is 53.5 Å². The lowest BCUT2D eigenvalue weighted by Crippen LogP contribution is -2.46. The molecule has 1 fully saturated rings. The molecule has 0 bridgehead atoms. The van der Waals surface area contributed by atoms with Gasteiger partial charge in [-0.1, -0.05) is 12.1 Å². The lowest BCUT2D eigenvalue weighted by molar-refractivity contribution is 0.176. The second-order valence-electron chi connectivity index (χ2n) is 6.55. The fraction of sp³-hybridized carbons (Fsp3) is 0.300. The SMILES string of the molecule is COc1ccc(CN2CCN3CC(Nc4ccncn4)=CC=C3C2)cc1. The fourth-order valence-corrected chi connectivity index (χ4v) is 3.34. The van der Waals surface area contributed by atoms with Gasteiger partial charge < -0.3 is 15.0 Å². The highest BCUT2D eigenvalue weighted by molar-refractivity contribution is 5.43. The van der Waals surface area contributed by atoms with Crippen LogP contribution in [0.4, 0.5) is 5.82 Å². The van der Waals surface area contributed by atoms with E-state index < -0.39 is 0 Å². The van der Waals surface area contributed by atoms with E-state index in [1.165, 1.54) is 11.3 Å². The number of rotatable bonds is 5. The van der Waals surface area contributed by atoms with Crippen molar-refractivity contribution in [1.82, 2.24) is 19.8 Å². The molecular formula is C20H23N5O. The molecule has 0 unspecified atom stereocenters. The molecule has 2 aliphatic heterocycles. The van der Waals surface area contributed by atoms with Crippen molar-refractivity contribution in [2.45, 2.75) is 6.54 Å². The standard InChI is InChI=1S/C20H23N5O/c1-26-19-6-2-16(3-7-19)12-24-10-11-25-13-17(4-5-18(25)14-24)23-20-8-9-21-15-22-20/h2-9,15H,10-14H2,1H3,(H,21,22,23). The highest BCUT2D eigenvalue weighted by Gasteiger charge is 2.23. The summed E-state index contributed by atoms with van der Waals surface area (Å²) in [7, 11) is 1.70. The zero-order valence-corrected chi connectivity index (χ0v) is 14.9. The second kappa shape index (κ2) is 7.58. The summed E-state index contributed by atoms with van der Waals surface area (Å²) in [6, 6.07) is 10.2. The molecule has 1 saturated heterocycles. The molecular weight excluding hydrogens is 326 g/mol. The van der Waals surface area contributed by atoms with Crippen molar-refractivity contribution < 1.29 is 4.74 Å². The Kier molecular flexibility index (Phi) is 4.84. The van der Waals surface area contributed by atoms with Crippen molar-refractivity contribution in [1.29, 1.82) is 0 Å². The van der Waals surface area contributed by atoms with Crippen molar-refractivity contribution in [3.8, 4) is 5.75 Å². The first-order chi connectivity index (χ1) is 12.8. The van der Waals surface area contributed by atoms with Crippen molar-refractivity contribution in [3.63, 3.8) is 0 Å². The van der Waals surface area contributed by atoms with Crippen molar-refractivity contribution in [2.75, 3.05) is 38.6 Å². The van der Waals surface area contributed by atoms with Gasteiger partial charge in [-0.3, -0.25) is 4.90 Å². The molecule has 1 aromatic carbocycles. The molecule has 0 atom stereocenters. The zero-order valence-electron chi connectivity index (χ0n) is 14.9. The molecule has 2 aliphatic rings. The van der Waals surface area contributed by atoms with Gasteiger partial charge in [-0.2, -0.15) is 0 Å². The molecule has 3 heterocycles. The highest BCUT2D eigenvalue weighted by atomic mass is 16.5. The monoisotopic (exact) mass is 349 g/mol. The number of hydrogen-bond acceptors (Lipinski definition) is 6. The van der Waals surface area contributed by atoms with E-state index in [-0.39, 0.29) is 0 Å². The molecule has 26 heavy (non-hydrogen) atoms. The molecule has 1 N–H and O–H groups in total. The smallest absolute Gasteiger partial charge is 0.133 e. The van der Waals surface area contributed by atoms with Gasteiger partial charge in [0.25, 0.3) is 0 Å². The number of fused-ring (bicyclic) bond motifs is 1. The first kappa shape index (κ1) is 16.6. The van der Waals surface area contributed by atoms with Crippen LogP contribution in [0.25, 0.3) is 0 Å². The molecule has 2 aromatic rings. The number of piperazine rings is 1. The number of nitrogens with one attached hydrogen (secondary N) is 1. The van der Waals surface area contributed by atoms with Gasteiger partial charge in [-0.15, -0.1) is 0 Å². The van der Waals surface area contributed by atoms with Crippen LogP contribution in [-0.4, -0.2) is 53.1 Å². The molecule has 6 heteroatoms. The Balaban J connectivity index is 1.38. The number of ether oxygens (including phenoxy) is 1. The fourth-order valence-electron chi connectivity index (χ4n) is 3.34. The second-order valence-corrected chi connectivity index (χ2v) is 6.55. The van der Waals surface area contributed by atoms with Crippen LogP contribution in [0, 0.1) is 0 Å². The van der Waals surface area contributed by atoms with E-state index in [4.69, 9.17) is 4.74 Å². The Bertz CT molecular complexity index is 801. The first-order valence-corrected chi connectivity index (χ1v) is 8.83. The quantitative estimate of drug-likeness (QED) is 0.895. The molecule has 0 radical (unpaired) electrons. The number of anilines is 1. The average Bonchev–Trinajstić information content (AvgIpc) is 2.69.